The Hall–Kier alpha value is -1.89. The maximum atomic E-state index is 12.7. The molecule has 2 N–H and O–H groups in total. The molecule has 0 saturated heterocycles. The monoisotopic (exact) mass is 307 g/mol. The molecule has 0 bridgehead atoms. The van der Waals surface area contributed by atoms with E-state index in [0.717, 1.165) is 12.2 Å². The highest BCUT2D eigenvalue weighted by Gasteiger charge is 2.20. The van der Waals surface area contributed by atoms with Crippen LogP contribution in [0.2, 0.25) is 0 Å². The van der Waals surface area contributed by atoms with Crippen molar-refractivity contribution < 1.29 is 0 Å². The largest absolute Gasteiger partial charge is 0.332 e. The first-order valence-corrected chi connectivity index (χ1v) is 7.88. The normalized spacial score (nSPS) is 11.7. The third-order valence-corrected chi connectivity index (χ3v) is 3.77. The van der Waals surface area contributed by atoms with Crippen LogP contribution in [0.5, 0.6) is 0 Å². The van der Waals surface area contributed by atoms with Crippen molar-refractivity contribution in [2.75, 3.05) is 6.54 Å². The minimum atomic E-state index is -0.295. The predicted molar refractivity (Wildman–Crippen MR) is 87.2 cm³/mol. The van der Waals surface area contributed by atoms with Crippen LogP contribution in [0.1, 0.15) is 33.5 Å². The molecular formula is C15H25N5O2. The van der Waals surface area contributed by atoms with Gasteiger partial charge in [-0.05, 0) is 19.8 Å². The molecule has 22 heavy (non-hydrogen) atoms. The number of rotatable bonds is 6. The molecule has 2 aromatic heterocycles. The van der Waals surface area contributed by atoms with Gasteiger partial charge in [-0.3, -0.25) is 13.9 Å². The Kier molecular flexibility index (Phi) is 4.85. The maximum absolute atomic E-state index is 12.7. The zero-order valence-corrected chi connectivity index (χ0v) is 13.8. The summed E-state index contributed by atoms with van der Waals surface area (Å²) >= 11 is 0. The summed E-state index contributed by atoms with van der Waals surface area (Å²) in [5, 5.41) is 0. The van der Waals surface area contributed by atoms with Crippen molar-refractivity contribution in [2.45, 2.75) is 53.8 Å². The van der Waals surface area contributed by atoms with E-state index in [4.69, 9.17) is 5.73 Å². The van der Waals surface area contributed by atoms with E-state index in [-0.39, 0.29) is 11.2 Å². The lowest BCUT2D eigenvalue weighted by Gasteiger charge is -2.10. The van der Waals surface area contributed by atoms with Gasteiger partial charge in [0.25, 0.3) is 5.56 Å². The summed E-state index contributed by atoms with van der Waals surface area (Å²) in [4.78, 5) is 29.7. The highest BCUT2D eigenvalue weighted by molar-refractivity contribution is 5.71. The van der Waals surface area contributed by atoms with E-state index >= 15 is 0 Å². The molecule has 7 nitrogen and oxygen atoms in total. The first kappa shape index (κ1) is 16.5. The van der Waals surface area contributed by atoms with Gasteiger partial charge in [-0.2, -0.15) is 0 Å². The minimum absolute atomic E-state index is 0.275. The van der Waals surface area contributed by atoms with Gasteiger partial charge in [-0.25, -0.2) is 9.78 Å². The summed E-state index contributed by atoms with van der Waals surface area (Å²) in [5.41, 5.74) is 6.10. The van der Waals surface area contributed by atoms with Gasteiger partial charge in [0.15, 0.2) is 11.2 Å². The maximum Gasteiger partial charge on any atom is 0.332 e. The van der Waals surface area contributed by atoms with Crippen molar-refractivity contribution in [1.29, 1.82) is 0 Å². The topological polar surface area (TPSA) is 87.8 Å². The summed E-state index contributed by atoms with van der Waals surface area (Å²) in [6, 6.07) is 0. The average Bonchev–Trinajstić information content (AvgIpc) is 2.78. The standard InChI is InChI=1S/C15H25N5O2/c1-5-18-13-12(14(21)19(6-2)15(18)22)20(8-7-16)11(17-13)9-10(3)4/h10H,5-9,16H2,1-4H3. The number of nitrogens with two attached hydrogens (primary N) is 1. The summed E-state index contributed by atoms with van der Waals surface area (Å²) in [6.07, 6.45) is 0.748. The quantitative estimate of drug-likeness (QED) is 0.844. The van der Waals surface area contributed by atoms with Gasteiger partial charge in [0.1, 0.15) is 5.82 Å². The Labute approximate surface area is 129 Å². The number of hydrogen-bond acceptors (Lipinski definition) is 4. The van der Waals surface area contributed by atoms with Crippen molar-refractivity contribution in [1.82, 2.24) is 18.7 Å². The lowest BCUT2D eigenvalue weighted by molar-refractivity contribution is 0.579. The van der Waals surface area contributed by atoms with E-state index in [9.17, 15) is 9.59 Å². The molecule has 0 atom stereocenters. The molecule has 0 spiro atoms. The van der Waals surface area contributed by atoms with E-state index in [1.165, 1.54) is 4.57 Å². The molecule has 2 rings (SSSR count). The van der Waals surface area contributed by atoms with Crippen LogP contribution in [0.3, 0.4) is 0 Å². The Morgan fingerprint density at radius 3 is 2.23 bits per heavy atom. The smallest absolute Gasteiger partial charge is 0.329 e. The SMILES string of the molecule is CCn1c(=O)c2c(nc(CC(C)C)n2CCN)n(CC)c1=O. The van der Waals surface area contributed by atoms with E-state index in [1.807, 2.05) is 11.5 Å². The zero-order valence-electron chi connectivity index (χ0n) is 13.8. The number of hydrogen-bond donors (Lipinski definition) is 1. The Morgan fingerprint density at radius 1 is 1.09 bits per heavy atom. The lowest BCUT2D eigenvalue weighted by Crippen LogP contribution is -2.40. The fourth-order valence-corrected chi connectivity index (χ4v) is 2.79. The molecule has 2 heterocycles. The van der Waals surface area contributed by atoms with E-state index in [1.54, 1.807) is 11.5 Å². The van der Waals surface area contributed by atoms with E-state index in [0.29, 0.717) is 43.3 Å². The second-order valence-electron chi connectivity index (χ2n) is 5.81. The van der Waals surface area contributed by atoms with Crippen LogP contribution < -0.4 is 17.0 Å². The van der Waals surface area contributed by atoms with Gasteiger partial charge in [-0.1, -0.05) is 13.8 Å². The number of fused-ring (bicyclic) bond motifs is 1. The molecule has 0 amide bonds. The van der Waals surface area contributed by atoms with Gasteiger partial charge in [0, 0.05) is 32.6 Å². The van der Waals surface area contributed by atoms with Crippen molar-refractivity contribution in [2.24, 2.45) is 11.7 Å². The van der Waals surface area contributed by atoms with Gasteiger partial charge in [0.2, 0.25) is 0 Å². The van der Waals surface area contributed by atoms with Gasteiger partial charge in [-0.15, -0.1) is 0 Å². The molecule has 0 aliphatic carbocycles. The van der Waals surface area contributed by atoms with Gasteiger partial charge < -0.3 is 10.3 Å². The number of aromatic nitrogens is 4. The number of nitrogens with zero attached hydrogens (tertiary/aromatic N) is 4. The molecular weight excluding hydrogens is 282 g/mol. The molecule has 0 saturated carbocycles. The van der Waals surface area contributed by atoms with Crippen LogP contribution in [-0.4, -0.2) is 25.2 Å². The third kappa shape index (κ3) is 2.61. The molecule has 7 heteroatoms. The molecule has 122 valence electrons. The van der Waals surface area contributed by atoms with Crippen molar-refractivity contribution >= 4 is 11.2 Å². The summed E-state index contributed by atoms with van der Waals surface area (Å²) < 4.78 is 4.71. The molecule has 2 aromatic rings. The Bertz CT molecular complexity index is 782. The van der Waals surface area contributed by atoms with E-state index in [2.05, 4.69) is 18.8 Å². The second-order valence-corrected chi connectivity index (χ2v) is 5.81. The molecule has 0 aromatic carbocycles. The predicted octanol–water partition coefficient (Wildman–Crippen LogP) is 0.557. The summed E-state index contributed by atoms with van der Waals surface area (Å²) in [6.45, 7) is 9.67. The molecule has 0 radical (unpaired) electrons. The third-order valence-electron chi connectivity index (χ3n) is 3.77. The number of imidazole rings is 1. The summed E-state index contributed by atoms with van der Waals surface area (Å²) in [7, 11) is 0. The highest BCUT2D eigenvalue weighted by Crippen LogP contribution is 2.15. The van der Waals surface area contributed by atoms with Crippen LogP contribution in [0.4, 0.5) is 0 Å². The fourth-order valence-electron chi connectivity index (χ4n) is 2.79. The van der Waals surface area contributed by atoms with Crippen LogP contribution in [0.25, 0.3) is 11.2 Å². The van der Waals surface area contributed by atoms with Crippen LogP contribution in [0.15, 0.2) is 9.59 Å². The first-order valence-electron chi connectivity index (χ1n) is 7.88. The summed E-state index contributed by atoms with van der Waals surface area (Å²) in [5.74, 6) is 1.23. The van der Waals surface area contributed by atoms with Crippen molar-refractivity contribution in [3.05, 3.63) is 26.7 Å². The van der Waals surface area contributed by atoms with Crippen LogP contribution in [-0.2, 0) is 26.1 Å². The van der Waals surface area contributed by atoms with Crippen molar-refractivity contribution in [3.63, 3.8) is 0 Å². The minimum Gasteiger partial charge on any atom is -0.329 e. The molecule has 0 aliphatic heterocycles. The molecule has 0 aliphatic rings. The Balaban J connectivity index is 2.92. The van der Waals surface area contributed by atoms with Gasteiger partial charge in [0.05, 0.1) is 0 Å². The number of aryl methyl sites for hydroxylation is 1. The average molecular weight is 307 g/mol. The first-order chi connectivity index (χ1) is 10.5. The lowest BCUT2D eigenvalue weighted by atomic mass is 10.1. The fraction of sp³-hybridized carbons (Fsp3) is 0.667. The highest BCUT2D eigenvalue weighted by atomic mass is 16.2. The molecule has 0 fully saturated rings. The van der Waals surface area contributed by atoms with E-state index < -0.39 is 0 Å². The molecule has 0 unspecified atom stereocenters. The van der Waals surface area contributed by atoms with Crippen molar-refractivity contribution in [3.8, 4) is 0 Å². The Morgan fingerprint density at radius 2 is 1.73 bits per heavy atom. The zero-order chi connectivity index (χ0) is 16.4. The second kappa shape index (κ2) is 6.48. The van der Waals surface area contributed by atoms with Crippen LogP contribution in [0, 0.1) is 5.92 Å². The van der Waals surface area contributed by atoms with Gasteiger partial charge >= 0.3 is 5.69 Å². The van der Waals surface area contributed by atoms with Crippen LogP contribution >= 0.6 is 0 Å².